The van der Waals surface area contributed by atoms with E-state index in [9.17, 15) is 9.90 Å². The van der Waals surface area contributed by atoms with Gasteiger partial charge in [0.15, 0.2) is 5.78 Å². The summed E-state index contributed by atoms with van der Waals surface area (Å²) in [5.74, 6) is 0.822. The number of rotatable bonds is 3. The van der Waals surface area contributed by atoms with Gasteiger partial charge in [0.05, 0.1) is 0 Å². The van der Waals surface area contributed by atoms with Crippen molar-refractivity contribution >= 4 is 17.1 Å². The van der Waals surface area contributed by atoms with Gasteiger partial charge in [0, 0.05) is 21.7 Å². The number of thiophene rings is 1. The molecular weight excluding hydrogens is 232 g/mol. The van der Waals surface area contributed by atoms with Gasteiger partial charge < -0.3 is 5.11 Å². The van der Waals surface area contributed by atoms with Gasteiger partial charge in [-0.25, -0.2) is 0 Å². The molecule has 1 N–H and O–H groups in total. The molecule has 17 heavy (non-hydrogen) atoms. The van der Waals surface area contributed by atoms with Crippen LogP contribution in [0.2, 0.25) is 0 Å². The second-order valence-electron chi connectivity index (χ2n) is 4.39. The SMILES string of the molecule is O=C(c1csc(-c2ccc(O)cc2)c1)C1CC1. The lowest BCUT2D eigenvalue weighted by molar-refractivity contribution is 0.0968. The molecule has 1 heterocycles. The number of hydrogen-bond donors (Lipinski definition) is 1. The van der Waals surface area contributed by atoms with E-state index >= 15 is 0 Å². The second kappa shape index (κ2) is 4.00. The fraction of sp³-hybridized carbons (Fsp3) is 0.214. The molecule has 0 atom stereocenters. The smallest absolute Gasteiger partial charge is 0.166 e. The number of hydrogen-bond acceptors (Lipinski definition) is 3. The molecule has 3 rings (SSSR count). The van der Waals surface area contributed by atoms with E-state index in [1.807, 2.05) is 23.6 Å². The summed E-state index contributed by atoms with van der Waals surface area (Å²) in [6.07, 6.45) is 2.09. The maximum absolute atomic E-state index is 11.9. The number of carbonyl (C=O) groups excluding carboxylic acids is 1. The van der Waals surface area contributed by atoms with Crippen molar-refractivity contribution < 1.29 is 9.90 Å². The quantitative estimate of drug-likeness (QED) is 0.836. The first kappa shape index (κ1) is 10.5. The van der Waals surface area contributed by atoms with Crippen molar-refractivity contribution in [3.05, 3.63) is 41.3 Å². The highest BCUT2D eigenvalue weighted by Gasteiger charge is 2.30. The van der Waals surface area contributed by atoms with Gasteiger partial charge in [-0.05, 0) is 48.7 Å². The molecule has 0 radical (unpaired) electrons. The van der Waals surface area contributed by atoms with E-state index in [2.05, 4.69) is 0 Å². The summed E-state index contributed by atoms with van der Waals surface area (Å²) in [5.41, 5.74) is 1.88. The molecule has 1 aromatic carbocycles. The summed E-state index contributed by atoms with van der Waals surface area (Å²) < 4.78 is 0. The number of ketones is 1. The Morgan fingerprint density at radius 2 is 1.94 bits per heavy atom. The molecule has 86 valence electrons. The molecule has 0 aliphatic heterocycles. The monoisotopic (exact) mass is 244 g/mol. The van der Waals surface area contributed by atoms with E-state index in [4.69, 9.17) is 0 Å². The van der Waals surface area contributed by atoms with Gasteiger partial charge in [-0.1, -0.05) is 0 Å². The van der Waals surface area contributed by atoms with Crippen LogP contribution in [-0.2, 0) is 0 Å². The lowest BCUT2D eigenvalue weighted by Crippen LogP contribution is -1.98. The van der Waals surface area contributed by atoms with Gasteiger partial charge in [-0.2, -0.15) is 0 Å². The second-order valence-corrected chi connectivity index (χ2v) is 5.30. The molecule has 0 bridgehead atoms. The number of aromatic hydroxyl groups is 1. The Labute approximate surface area is 104 Å². The van der Waals surface area contributed by atoms with E-state index in [1.165, 1.54) is 0 Å². The normalized spacial score (nSPS) is 14.8. The Kier molecular flexibility index (Phi) is 2.48. The van der Waals surface area contributed by atoms with E-state index in [-0.39, 0.29) is 17.5 Å². The average Bonchev–Trinajstić information content (AvgIpc) is 3.07. The van der Waals surface area contributed by atoms with Crippen LogP contribution in [0.1, 0.15) is 23.2 Å². The third-order valence-corrected chi connectivity index (χ3v) is 3.96. The van der Waals surface area contributed by atoms with Crippen LogP contribution >= 0.6 is 11.3 Å². The first-order chi connectivity index (χ1) is 8.24. The molecule has 0 spiro atoms. The zero-order chi connectivity index (χ0) is 11.8. The van der Waals surface area contributed by atoms with Crippen LogP contribution < -0.4 is 0 Å². The summed E-state index contributed by atoms with van der Waals surface area (Å²) in [7, 11) is 0. The topological polar surface area (TPSA) is 37.3 Å². The molecule has 1 aliphatic carbocycles. The predicted molar refractivity (Wildman–Crippen MR) is 68.5 cm³/mol. The largest absolute Gasteiger partial charge is 0.508 e. The minimum atomic E-state index is 0.264. The van der Waals surface area contributed by atoms with Gasteiger partial charge in [-0.3, -0.25) is 4.79 Å². The maximum Gasteiger partial charge on any atom is 0.166 e. The number of benzene rings is 1. The minimum absolute atomic E-state index is 0.264. The Morgan fingerprint density at radius 1 is 1.24 bits per heavy atom. The lowest BCUT2D eigenvalue weighted by atomic mass is 10.1. The highest BCUT2D eigenvalue weighted by Crippen LogP contribution is 2.35. The van der Waals surface area contributed by atoms with E-state index in [1.54, 1.807) is 23.5 Å². The highest BCUT2D eigenvalue weighted by atomic mass is 32.1. The molecule has 2 nitrogen and oxygen atoms in total. The summed E-state index contributed by atoms with van der Waals surface area (Å²) in [6, 6.07) is 9.02. The van der Waals surface area contributed by atoms with Gasteiger partial charge in [0.25, 0.3) is 0 Å². The van der Waals surface area contributed by atoms with Crippen LogP contribution in [0.4, 0.5) is 0 Å². The fourth-order valence-corrected chi connectivity index (χ4v) is 2.73. The van der Waals surface area contributed by atoms with Crippen LogP contribution in [0.5, 0.6) is 5.75 Å². The van der Waals surface area contributed by atoms with Crippen molar-refractivity contribution in [1.82, 2.24) is 0 Å². The zero-order valence-electron chi connectivity index (χ0n) is 9.22. The lowest BCUT2D eigenvalue weighted by Gasteiger charge is -1.97. The van der Waals surface area contributed by atoms with Gasteiger partial charge in [-0.15, -0.1) is 11.3 Å². The first-order valence-corrected chi connectivity index (χ1v) is 6.54. The molecule has 1 fully saturated rings. The summed E-state index contributed by atoms with van der Waals surface area (Å²) >= 11 is 1.58. The molecule has 2 aromatic rings. The highest BCUT2D eigenvalue weighted by molar-refractivity contribution is 7.13. The summed E-state index contributed by atoms with van der Waals surface area (Å²) in [6.45, 7) is 0. The Balaban J connectivity index is 1.88. The molecule has 1 aliphatic rings. The van der Waals surface area contributed by atoms with E-state index in [0.29, 0.717) is 0 Å². The van der Waals surface area contributed by atoms with Crippen LogP contribution in [-0.4, -0.2) is 10.9 Å². The summed E-state index contributed by atoms with van der Waals surface area (Å²) in [4.78, 5) is 13.0. The van der Waals surface area contributed by atoms with Crippen molar-refractivity contribution in [2.75, 3.05) is 0 Å². The molecule has 1 aromatic heterocycles. The summed E-state index contributed by atoms with van der Waals surface area (Å²) in [5, 5.41) is 11.2. The Hall–Kier alpha value is -1.61. The zero-order valence-corrected chi connectivity index (χ0v) is 10.0. The van der Waals surface area contributed by atoms with E-state index in [0.717, 1.165) is 28.8 Å². The Morgan fingerprint density at radius 3 is 2.59 bits per heavy atom. The van der Waals surface area contributed by atoms with Crippen molar-refractivity contribution in [2.24, 2.45) is 5.92 Å². The van der Waals surface area contributed by atoms with Crippen molar-refractivity contribution in [3.8, 4) is 16.2 Å². The third-order valence-electron chi connectivity index (χ3n) is 2.98. The van der Waals surface area contributed by atoms with Crippen molar-refractivity contribution in [1.29, 1.82) is 0 Å². The first-order valence-electron chi connectivity index (χ1n) is 5.66. The molecule has 0 unspecified atom stereocenters. The van der Waals surface area contributed by atoms with E-state index < -0.39 is 0 Å². The molecule has 0 amide bonds. The van der Waals surface area contributed by atoms with Crippen LogP contribution in [0, 0.1) is 5.92 Å². The number of Topliss-reactive ketones (excluding diaryl/α,β-unsaturated/α-hetero) is 1. The average molecular weight is 244 g/mol. The molecule has 0 saturated heterocycles. The fourth-order valence-electron chi connectivity index (χ4n) is 1.82. The van der Waals surface area contributed by atoms with Crippen LogP contribution in [0.25, 0.3) is 10.4 Å². The predicted octanol–water partition coefficient (Wildman–Crippen LogP) is 3.71. The third kappa shape index (κ3) is 2.11. The van der Waals surface area contributed by atoms with Gasteiger partial charge in [0.1, 0.15) is 5.75 Å². The van der Waals surface area contributed by atoms with Crippen LogP contribution in [0.3, 0.4) is 0 Å². The number of phenols is 1. The van der Waals surface area contributed by atoms with Crippen molar-refractivity contribution in [3.63, 3.8) is 0 Å². The maximum atomic E-state index is 11.9. The molecule has 1 saturated carbocycles. The van der Waals surface area contributed by atoms with Crippen molar-refractivity contribution in [2.45, 2.75) is 12.8 Å². The number of phenolic OH excluding ortho intramolecular Hbond substituents is 1. The molecule has 3 heteroatoms. The van der Waals surface area contributed by atoms with Gasteiger partial charge >= 0.3 is 0 Å². The van der Waals surface area contributed by atoms with Crippen LogP contribution in [0.15, 0.2) is 35.7 Å². The minimum Gasteiger partial charge on any atom is -0.508 e. The molecular formula is C14H12O2S. The van der Waals surface area contributed by atoms with Gasteiger partial charge in [0.2, 0.25) is 0 Å². The Bertz CT molecular complexity index is 550. The number of carbonyl (C=O) groups is 1. The standard InChI is InChI=1S/C14H12O2S/c15-12-5-3-9(4-6-12)13-7-11(8-17-13)14(16)10-1-2-10/h3-8,10,15H,1-2H2.